The molecule has 1 aliphatic heterocycles. The first-order valence-corrected chi connectivity index (χ1v) is 10.8. The smallest absolute Gasteiger partial charge is 0.329 e. The van der Waals surface area contributed by atoms with Crippen molar-refractivity contribution in [3.8, 4) is 0 Å². The second-order valence-electron chi connectivity index (χ2n) is 6.67. The maximum absolute atomic E-state index is 13.5. The van der Waals surface area contributed by atoms with Gasteiger partial charge in [-0.05, 0) is 40.6 Å². The third-order valence-corrected chi connectivity index (χ3v) is 7.00. The zero-order valence-corrected chi connectivity index (χ0v) is 17.8. The highest BCUT2D eigenvalue weighted by Gasteiger charge is 2.43. The summed E-state index contributed by atoms with van der Waals surface area (Å²) in [5.41, 5.74) is 1.33. The minimum Gasteiger partial charge on any atom is -0.467 e. The number of carbonyl (C=O) groups is 2. The molecule has 0 radical (unpaired) electrons. The van der Waals surface area contributed by atoms with E-state index in [1.165, 1.54) is 18.9 Å². The Labute approximate surface area is 182 Å². The van der Waals surface area contributed by atoms with Crippen LogP contribution in [-0.2, 0) is 9.53 Å². The minimum absolute atomic E-state index is 0.229. The fourth-order valence-electron chi connectivity index (χ4n) is 3.47. The second kappa shape index (κ2) is 8.27. The SMILES string of the molecule is COC(=O)C1CSC(c2ccc(Cl)c(Cl)c2)N1C(=O)c1ccc2ccccc2c1. The lowest BCUT2D eigenvalue weighted by atomic mass is 10.0. The van der Waals surface area contributed by atoms with Crippen molar-refractivity contribution in [1.29, 1.82) is 0 Å². The van der Waals surface area contributed by atoms with Crippen molar-refractivity contribution < 1.29 is 14.3 Å². The Morgan fingerprint density at radius 1 is 1.00 bits per heavy atom. The number of halogens is 2. The number of carbonyl (C=O) groups excluding carboxylic acids is 2. The molecule has 0 spiro atoms. The van der Waals surface area contributed by atoms with E-state index in [0.29, 0.717) is 21.4 Å². The molecule has 0 aliphatic carbocycles. The van der Waals surface area contributed by atoms with E-state index in [2.05, 4.69) is 0 Å². The molecule has 3 aromatic carbocycles. The van der Waals surface area contributed by atoms with Crippen LogP contribution in [0.25, 0.3) is 10.8 Å². The molecule has 4 nitrogen and oxygen atoms in total. The number of nitrogens with zero attached hydrogens (tertiary/aromatic N) is 1. The molecule has 7 heteroatoms. The van der Waals surface area contributed by atoms with Gasteiger partial charge in [0, 0.05) is 11.3 Å². The summed E-state index contributed by atoms with van der Waals surface area (Å²) in [5.74, 6) is -0.224. The average Bonchev–Trinajstić information content (AvgIpc) is 3.19. The van der Waals surface area contributed by atoms with Gasteiger partial charge in [0.05, 0.1) is 17.2 Å². The number of esters is 1. The number of hydrogen-bond donors (Lipinski definition) is 0. The maximum atomic E-state index is 13.5. The van der Waals surface area contributed by atoms with Gasteiger partial charge in [0.2, 0.25) is 0 Å². The average molecular weight is 446 g/mol. The van der Waals surface area contributed by atoms with Gasteiger partial charge in [0.25, 0.3) is 5.91 Å². The Hall–Kier alpha value is -2.21. The molecule has 2 atom stereocenters. The maximum Gasteiger partial charge on any atom is 0.329 e. The van der Waals surface area contributed by atoms with Crippen molar-refractivity contribution in [1.82, 2.24) is 4.90 Å². The lowest BCUT2D eigenvalue weighted by Crippen LogP contribution is -2.43. The third-order valence-electron chi connectivity index (χ3n) is 4.93. The predicted octanol–water partition coefficient (Wildman–Crippen LogP) is 5.58. The molecule has 148 valence electrons. The molecule has 1 heterocycles. The highest BCUT2D eigenvalue weighted by atomic mass is 35.5. The van der Waals surface area contributed by atoms with Crippen LogP contribution in [0.5, 0.6) is 0 Å². The van der Waals surface area contributed by atoms with E-state index in [1.807, 2.05) is 42.5 Å². The summed E-state index contributed by atoms with van der Waals surface area (Å²) in [5, 5.41) is 2.49. The molecule has 0 bridgehead atoms. The molecule has 0 aromatic heterocycles. The van der Waals surface area contributed by atoms with Gasteiger partial charge in [-0.2, -0.15) is 0 Å². The monoisotopic (exact) mass is 445 g/mol. The highest BCUT2D eigenvalue weighted by Crippen LogP contribution is 2.44. The van der Waals surface area contributed by atoms with E-state index >= 15 is 0 Å². The molecule has 1 aliphatic rings. The Kier molecular flexibility index (Phi) is 5.72. The van der Waals surface area contributed by atoms with E-state index in [4.69, 9.17) is 27.9 Å². The van der Waals surface area contributed by atoms with Crippen molar-refractivity contribution in [2.75, 3.05) is 12.9 Å². The fourth-order valence-corrected chi connectivity index (χ4v) is 5.18. The molecular weight excluding hydrogens is 429 g/mol. The predicted molar refractivity (Wildman–Crippen MR) is 118 cm³/mol. The van der Waals surface area contributed by atoms with Crippen molar-refractivity contribution in [3.05, 3.63) is 81.8 Å². The zero-order chi connectivity index (χ0) is 20.5. The molecule has 1 fully saturated rings. The summed E-state index contributed by atoms with van der Waals surface area (Å²) < 4.78 is 4.95. The van der Waals surface area contributed by atoms with E-state index in [-0.39, 0.29) is 11.3 Å². The lowest BCUT2D eigenvalue weighted by molar-refractivity contribution is -0.145. The first-order chi connectivity index (χ1) is 14.0. The van der Waals surface area contributed by atoms with Crippen LogP contribution >= 0.6 is 35.0 Å². The van der Waals surface area contributed by atoms with E-state index in [1.54, 1.807) is 23.1 Å². The largest absolute Gasteiger partial charge is 0.467 e. The molecule has 1 saturated heterocycles. The van der Waals surface area contributed by atoms with Crippen LogP contribution in [0.1, 0.15) is 21.3 Å². The Morgan fingerprint density at radius 2 is 1.76 bits per heavy atom. The van der Waals surface area contributed by atoms with Crippen LogP contribution in [0.2, 0.25) is 10.0 Å². The van der Waals surface area contributed by atoms with Crippen molar-refractivity contribution >= 4 is 57.6 Å². The standard InChI is InChI=1S/C22H17Cl2NO3S/c1-28-22(27)19-12-29-21(16-8-9-17(23)18(24)11-16)25(19)20(26)15-7-6-13-4-2-3-5-14(13)10-15/h2-11,19,21H,12H2,1H3. The summed E-state index contributed by atoms with van der Waals surface area (Å²) in [6, 6.07) is 18.0. The zero-order valence-electron chi connectivity index (χ0n) is 15.5. The van der Waals surface area contributed by atoms with Gasteiger partial charge in [-0.15, -0.1) is 11.8 Å². The molecular formula is C22H17Cl2NO3S. The number of rotatable bonds is 3. The van der Waals surface area contributed by atoms with Crippen LogP contribution < -0.4 is 0 Å². The number of fused-ring (bicyclic) bond motifs is 1. The number of benzene rings is 3. The van der Waals surface area contributed by atoms with Crippen LogP contribution in [0, 0.1) is 0 Å². The molecule has 29 heavy (non-hydrogen) atoms. The summed E-state index contributed by atoms with van der Waals surface area (Å²) >= 11 is 13.7. The van der Waals surface area contributed by atoms with Gasteiger partial charge < -0.3 is 9.64 Å². The van der Waals surface area contributed by atoms with Gasteiger partial charge in [-0.25, -0.2) is 4.79 Å². The van der Waals surface area contributed by atoms with Crippen LogP contribution in [0.3, 0.4) is 0 Å². The second-order valence-corrected chi connectivity index (χ2v) is 8.60. The lowest BCUT2D eigenvalue weighted by Gasteiger charge is -2.28. The number of methoxy groups -OCH3 is 1. The third kappa shape index (κ3) is 3.82. The summed E-state index contributed by atoms with van der Waals surface area (Å²) in [7, 11) is 1.33. The highest BCUT2D eigenvalue weighted by molar-refractivity contribution is 7.99. The molecule has 2 unspecified atom stereocenters. The van der Waals surface area contributed by atoms with Crippen LogP contribution in [0.15, 0.2) is 60.7 Å². The van der Waals surface area contributed by atoms with E-state index in [0.717, 1.165) is 16.3 Å². The topological polar surface area (TPSA) is 46.6 Å². The number of ether oxygens (including phenoxy) is 1. The summed E-state index contributed by atoms with van der Waals surface area (Å²) in [6.07, 6.45) is 0. The van der Waals surface area contributed by atoms with Crippen molar-refractivity contribution in [3.63, 3.8) is 0 Å². The van der Waals surface area contributed by atoms with Gasteiger partial charge in [-0.1, -0.05) is 59.6 Å². The summed E-state index contributed by atoms with van der Waals surface area (Å²) in [6.45, 7) is 0. The quantitative estimate of drug-likeness (QED) is 0.493. The van der Waals surface area contributed by atoms with Crippen molar-refractivity contribution in [2.24, 2.45) is 0 Å². The Balaban J connectivity index is 1.75. The normalized spacial score (nSPS) is 18.8. The van der Waals surface area contributed by atoms with Crippen LogP contribution in [-0.4, -0.2) is 35.7 Å². The molecule has 0 N–H and O–H groups in total. The van der Waals surface area contributed by atoms with E-state index < -0.39 is 12.0 Å². The molecule has 1 amide bonds. The molecule has 3 aromatic rings. The first kappa shape index (κ1) is 20.1. The van der Waals surface area contributed by atoms with Crippen molar-refractivity contribution in [2.45, 2.75) is 11.4 Å². The minimum atomic E-state index is -0.677. The van der Waals surface area contributed by atoms with Gasteiger partial charge >= 0.3 is 5.97 Å². The number of hydrogen-bond acceptors (Lipinski definition) is 4. The Bertz CT molecular complexity index is 1100. The number of amides is 1. The summed E-state index contributed by atoms with van der Waals surface area (Å²) in [4.78, 5) is 27.5. The Morgan fingerprint density at radius 3 is 2.48 bits per heavy atom. The number of thioether (sulfide) groups is 1. The molecule has 4 rings (SSSR count). The van der Waals surface area contributed by atoms with Gasteiger partial charge in [0.15, 0.2) is 0 Å². The fraction of sp³-hybridized carbons (Fsp3) is 0.182. The van der Waals surface area contributed by atoms with Crippen LogP contribution in [0.4, 0.5) is 0 Å². The first-order valence-electron chi connectivity index (χ1n) is 8.95. The van der Waals surface area contributed by atoms with Gasteiger partial charge in [-0.3, -0.25) is 4.79 Å². The molecule has 0 saturated carbocycles. The van der Waals surface area contributed by atoms with E-state index in [9.17, 15) is 9.59 Å². The van der Waals surface area contributed by atoms with Gasteiger partial charge in [0.1, 0.15) is 11.4 Å².